The molecule has 2 aromatic heterocycles. The number of carbonyl (C=O) groups excluding carboxylic acids is 1. The molecule has 7 heteroatoms. The fourth-order valence-electron chi connectivity index (χ4n) is 5.16. The van der Waals surface area contributed by atoms with Gasteiger partial charge in [-0.05, 0) is 61.1 Å². The molecule has 2 aliphatic rings. The van der Waals surface area contributed by atoms with Crippen molar-refractivity contribution in [2.75, 3.05) is 13.1 Å². The Labute approximate surface area is 204 Å². The number of halogens is 1. The van der Waals surface area contributed by atoms with Gasteiger partial charge in [0.1, 0.15) is 6.17 Å². The average molecular weight is 472 g/mol. The molecule has 1 saturated carbocycles. The summed E-state index contributed by atoms with van der Waals surface area (Å²) in [4.78, 5) is 19.7. The summed E-state index contributed by atoms with van der Waals surface area (Å²) in [6.45, 7) is 1.60. The van der Waals surface area contributed by atoms with Gasteiger partial charge >= 0.3 is 0 Å². The Kier molecular flexibility index (Phi) is 5.44. The number of aryl methyl sites for hydroxylation is 1. The first-order valence-corrected chi connectivity index (χ1v) is 12.4. The van der Waals surface area contributed by atoms with Crippen LogP contribution in [0.3, 0.4) is 0 Å². The molecule has 1 saturated heterocycles. The van der Waals surface area contributed by atoms with Gasteiger partial charge in [0.2, 0.25) is 0 Å². The lowest BCUT2D eigenvalue weighted by molar-refractivity contribution is 0.0630. The molecule has 35 heavy (non-hydrogen) atoms. The van der Waals surface area contributed by atoms with Crippen LogP contribution in [0.5, 0.6) is 0 Å². The van der Waals surface area contributed by atoms with Gasteiger partial charge in [0.15, 0.2) is 5.82 Å². The Hall–Kier alpha value is -3.45. The summed E-state index contributed by atoms with van der Waals surface area (Å²) in [5, 5.41) is 0. The number of amides is 1. The Morgan fingerprint density at radius 3 is 2.57 bits per heavy atom. The molecule has 1 aliphatic carbocycles. The molecule has 0 unspecified atom stereocenters. The van der Waals surface area contributed by atoms with Crippen molar-refractivity contribution in [1.82, 2.24) is 19.0 Å². The van der Waals surface area contributed by atoms with Crippen LogP contribution >= 0.6 is 0 Å². The average Bonchev–Trinajstić information content (AvgIpc) is 3.51. The van der Waals surface area contributed by atoms with Crippen LogP contribution in [0.25, 0.3) is 33.8 Å². The van der Waals surface area contributed by atoms with Crippen LogP contribution in [0.4, 0.5) is 4.39 Å². The number of alkyl halides is 1. The van der Waals surface area contributed by atoms with E-state index in [0.29, 0.717) is 18.0 Å². The fraction of sp³-hybridized carbons (Fsp3) is 0.357. The third-order valence-corrected chi connectivity index (χ3v) is 7.40. The minimum absolute atomic E-state index is 0.120. The van der Waals surface area contributed by atoms with Gasteiger partial charge in [-0.15, -0.1) is 0 Å². The van der Waals surface area contributed by atoms with E-state index in [4.69, 9.17) is 10.7 Å². The van der Waals surface area contributed by atoms with Gasteiger partial charge in [-0.2, -0.15) is 0 Å². The van der Waals surface area contributed by atoms with E-state index < -0.39 is 12.2 Å². The van der Waals surface area contributed by atoms with E-state index in [1.54, 1.807) is 4.90 Å². The predicted octanol–water partition coefficient (Wildman–Crippen LogP) is 4.63. The number of likely N-dealkylation sites (tertiary alicyclic amines) is 1. The second-order valence-electron chi connectivity index (χ2n) is 9.94. The summed E-state index contributed by atoms with van der Waals surface area (Å²) < 4.78 is 18.3. The summed E-state index contributed by atoms with van der Waals surface area (Å²) in [6, 6.07) is 19.8. The maximum atomic E-state index is 13.8. The Morgan fingerprint density at radius 2 is 1.83 bits per heavy atom. The van der Waals surface area contributed by atoms with Gasteiger partial charge in [0, 0.05) is 37.9 Å². The summed E-state index contributed by atoms with van der Waals surface area (Å²) in [6.07, 6.45) is 1.77. The molecule has 4 aromatic rings. The molecule has 2 aromatic carbocycles. The van der Waals surface area contributed by atoms with Gasteiger partial charge < -0.3 is 19.8 Å². The number of benzene rings is 2. The van der Waals surface area contributed by atoms with Crippen LogP contribution in [0.15, 0.2) is 60.7 Å². The molecule has 0 radical (unpaired) electrons. The Bertz CT molecular complexity index is 1390. The van der Waals surface area contributed by atoms with Gasteiger partial charge in [-0.1, -0.05) is 30.3 Å². The molecule has 1 amide bonds. The van der Waals surface area contributed by atoms with E-state index >= 15 is 0 Å². The summed E-state index contributed by atoms with van der Waals surface area (Å²) in [7, 11) is 2.02. The highest BCUT2D eigenvalue weighted by Gasteiger charge is 2.30. The maximum Gasteiger partial charge on any atom is 0.253 e. The molecule has 6 nitrogen and oxygen atoms in total. The monoisotopic (exact) mass is 471 g/mol. The van der Waals surface area contributed by atoms with Crippen LogP contribution in [0.2, 0.25) is 0 Å². The lowest BCUT2D eigenvalue weighted by atomic mass is 10.0. The highest BCUT2D eigenvalue weighted by atomic mass is 19.1. The lowest BCUT2D eigenvalue weighted by Crippen LogP contribution is -2.51. The number of nitrogens with zero attached hydrogens (tertiary/aromatic N) is 4. The number of imidazole rings is 1. The Balaban J connectivity index is 1.37. The second-order valence-corrected chi connectivity index (χ2v) is 9.94. The predicted molar refractivity (Wildman–Crippen MR) is 136 cm³/mol. The highest BCUT2D eigenvalue weighted by Crippen LogP contribution is 2.37. The minimum atomic E-state index is -1.05. The smallest absolute Gasteiger partial charge is 0.253 e. The number of aromatic nitrogens is 3. The van der Waals surface area contributed by atoms with Crippen LogP contribution < -0.4 is 5.73 Å². The van der Waals surface area contributed by atoms with Crippen molar-refractivity contribution >= 4 is 16.9 Å². The number of rotatable bonds is 5. The second kappa shape index (κ2) is 8.64. The van der Waals surface area contributed by atoms with Crippen molar-refractivity contribution in [1.29, 1.82) is 0 Å². The number of carbonyl (C=O) groups is 1. The first-order chi connectivity index (χ1) is 17.0. The van der Waals surface area contributed by atoms with Crippen molar-refractivity contribution in [3.05, 3.63) is 66.2 Å². The van der Waals surface area contributed by atoms with E-state index in [0.717, 1.165) is 29.1 Å². The Morgan fingerprint density at radius 1 is 1.06 bits per heavy atom. The van der Waals surface area contributed by atoms with Gasteiger partial charge in [0.05, 0.1) is 22.8 Å². The minimum Gasteiger partial charge on any atom is -0.338 e. The van der Waals surface area contributed by atoms with Gasteiger partial charge in [0.25, 0.3) is 5.91 Å². The van der Waals surface area contributed by atoms with Crippen molar-refractivity contribution < 1.29 is 9.18 Å². The molecule has 2 atom stereocenters. The third-order valence-electron chi connectivity index (χ3n) is 7.40. The zero-order chi connectivity index (χ0) is 24.1. The molecule has 0 spiro atoms. The van der Waals surface area contributed by atoms with E-state index in [9.17, 15) is 9.18 Å². The van der Waals surface area contributed by atoms with Crippen LogP contribution in [0, 0.1) is 5.92 Å². The van der Waals surface area contributed by atoms with Crippen molar-refractivity contribution in [2.24, 2.45) is 18.7 Å². The molecule has 1 aliphatic heterocycles. The topological polar surface area (TPSA) is 69.1 Å². The molecule has 2 fully saturated rings. The normalized spacial score (nSPS) is 20.5. The first kappa shape index (κ1) is 22.0. The number of fused-ring (bicyclic) bond motifs is 1. The number of hydrogen-bond acceptors (Lipinski definition) is 3. The lowest BCUT2D eigenvalue weighted by Gasteiger charge is -2.33. The van der Waals surface area contributed by atoms with Crippen molar-refractivity contribution in [2.45, 2.75) is 38.0 Å². The van der Waals surface area contributed by atoms with Crippen LogP contribution in [-0.2, 0) is 13.6 Å². The van der Waals surface area contributed by atoms with Crippen LogP contribution in [-0.4, -0.2) is 50.2 Å². The number of piperidine rings is 1. The number of nitrogens with two attached hydrogens (primary N) is 1. The molecule has 180 valence electrons. The van der Waals surface area contributed by atoms with Gasteiger partial charge in [-0.3, -0.25) is 4.79 Å². The van der Waals surface area contributed by atoms with Crippen molar-refractivity contribution in [3.8, 4) is 22.8 Å². The summed E-state index contributed by atoms with van der Waals surface area (Å²) >= 11 is 0. The van der Waals surface area contributed by atoms with Crippen molar-refractivity contribution in [3.63, 3.8) is 0 Å². The zero-order valence-electron chi connectivity index (χ0n) is 19.9. The molecular weight excluding hydrogens is 441 g/mol. The van der Waals surface area contributed by atoms with E-state index in [-0.39, 0.29) is 18.9 Å². The fourth-order valence-corrected chi connectivity index (χ4v) is 5.16. The van der Waals surface area contributed by atoms with E-state index in [1.807, 2.05) is 31.3 Å². The molecule has 0 bridgehead atoms. The molecule has 2 N–H and O–H groups in total. The van der Waals surface area contributed by atoms with Gasteiger partial charge in [-0.25, -0.2) is 9.37 Å². The maximum absolute atomic E-state index is 13.8. The van der Waals surface area contributed by atoms with Crippen LogP contribution in [0.1, 0.15) is 29.6 Å². The summed E-state index contributed by atoms with van der Waals surface area (Å²) in [5.41, 5.74) is 11.7. The standard InChI is InChI=1S/C28H30FN5O/c1-32-25-10-9-20(28(35)33-14-13-21(29)22(30)17-33)15-23(25)31-27(32)26-12-11-24(19-5-3-2-4-6-19)34(26)16-18-7-8-18/h2-6,9-12,15,18,21-22H,7-8,13-14,16-17,30H2,1H3/t21-,22-/m1/s1. The van der Waals surface area contributed by atoms with E-state index in [2.05, 4.69) is 45.5 Å². The van der Waals surface area contributed by atoms with E-state index in [1.165, 1.54) is 24.1 Å². The SMILES string of the molecule is Cn1c(-c2ccc(-c3ccccc3)n2CC2CC2)nc2cc(C(=O)N3CC[C@@H](F)[C@H](N)C3)ccc21. The quantitative estimate of drug-likeness (QED) is 0.461. The molecule has 6 rings (SSSR count). The first-order valence-electron chi connectivity index (χ1n) is 12.4. The highest BCUT2D eigenvalue weighted by molar-refractivity contribution is 5.98. The largest absolute Gasteiger partial charge is 0.338 e. The number of hydrogen-bond donors (Lipinski definition) is 1. The zero-order valence-corrected chi connectivity index (χ0v) is 19.9. The molecular formula is C28H30FN5O. The third kappa shape index (κ3) is 4.04. The summed E-state index contributed by atoms with van der Waals surface area (Å²) in [5.74, 6) is 1.47. The molecule has 3 heterocycles.